The summed E-state index contributed by atoms with van der Waals surface area (Å²) in [4.78, 5) is 1.74. The summed E-state index contributed by atoms with van der Waals surface area (Å²) in [5.41, 5.74) is 1.47. The highest BCUT2D eigenvalue weighted by Crippen LogP contribution is 1.99. The Hall–Kier alpha value is -0.820. The number of quaternary nitrogens is 1. The molecule has 1 unspecified atom stereocenters. The summed E-state index contributed by atoms with van der Waals surface area (Å²) < 4.78 is 0. The molecular weight excluding hydrogens is 146 g/mol. The minimum atomic E-state index is 0.880. The molecule has 0 aromatic heterocycles. The summed E-state index contributed by atoms with van der Waals surface area (Å²) >= 11 is 0. The molecule has 0 spiro atoms. The zero-order valence-electron chi connectivity index (χ0n) is 7.59. The van der Waals surface area contributed by atoms with Gasteiger partial charge in [-0.05, 0) is 6.92 Å². The van der Waals surface area contributed by atoms with Crippen LogP contribution in [0.1, 0.15) is 18.9 Å². The molecule has 1 fully saturated rings. The van der Waals surface area contributed by atoms with Crippen molar-refractivity contribution >= 4 is 0 Å². The summed E-state index contributed by atoms with van der Waals surface area (Å²) in [5, 5.41) is 0. The molecule has 12 heavy (non-hydrogen) atoms. The first-order valence-corrected chi connectivity index (χ1v) is 4.75. The van der Waals surface area contributed by atoms with Gasteiger partial charge in [-0.15, -0.1) is 0 Å². The van der Waals surface area contributed by atoms with Crippen LogP contribution in [0.5, 0.6) is 0 Å². The van der Waals surface area contributed by atoms with Gasteiger partial charge in [0.15, 0.2) is 0 Å². The lowest BCUT2D eigenvalue weighted by atomic mass is 10.0. The molecule has 1 heterocycles. The highest BCUT2D eigenvalue weighted by atomic mass is 15.2. The van der Waals surface area contributed by atoms with Crippen LogP contribution in [0.25, 0.3) is 0 Å². The Balaban J connectivity index is 1.95. The smallest absolute Gasteiger partial charge is 0.103 e. The molecule has 0 bridgehead atoms. The van der Waals surface area contributed by atoms with Gasteiger partial charge in [-0.3, -0.25) is 0 Å². The Bertz CT molecular complexity index is 242. The summed E-state index contributed by atoms with van der Waals surface area (Å²) in [6, 6.07) is 11.7. The van der Waals surface area contributed by atoms with Gasteiger partial charge in [-0.2, -0.15) is 0 Å². The van der Waals surface area contributed by atoms with Crippen LogP contribution in [0.4, 0.5) is 0 Å². The maximum atomic E-state index is 2.34. The van der Waals surface area contributed by atoms with E-state index in [0.717, 1.165) is 6.04 Å². The lowest BCUT2D eigenvalue weighted by molar-refractivity contribution is -0.977. The van der Waals surface area contributed by atoms with E-state index in [4.69, 9.17) is 0 Å². The van der Waals surface area contributed by atoms with Gasteiger partial charge in [0.1, 0.15) is 6.54 Å². The third-order valence-corrected chi connectivity index (χ3v) is 2.87. The molecule has 1 N–H and O–H groups in total. The maximum Gasteiger partial charge on any atom is 0.103 e. The highest BCUT2D eigenvalue weighted by molar-refractivity contribution is 5.13. The minimum absolute atomic E-state index is 0.880. The average molecular weight is 162 g/mol. The van der Waals surface area contributed by atoms with E-state index in [-0.39, 0.29) is 0 Å². The van der Waals surface area contributed by atoms with Crippen LogP contribution in [0, 0.1) is 0 Å². The van der Waals surface area contributed by atoms with Crippen LogP contribution in [0.3, 0.4) is 0 Å². The molecule has 2 rings (SSSR count). The Morgan fingerprint density at radius 3 is 2.58 bits per heavy atom. The summed E-state index contributed by atoms with van der Waals surface area (Å²) in [5.74, 6) is 0. The topological polar surface area (TPSA) is 4.44 Å². The van der Waals surface area contributed by atoms with Crippen LogP contribution in [0.15, 0.2) is 30.3 Å². The number of likely N-dealkylation sites (tertiary alicyclic amines) is 1. The Kier molecular flexibility index (Phi) is 2.13. The van der Waals surface area contributed by atoms with E-state index in [9.17, 15) is 0 Å². The van der Waals surface area contributed by atoms with Crippen LogP contribution < -0.4 is 4.90 Å². The molecule has 64 valence electrons. The van der Waals surface area contributed by atoms with Crippen LogP contribution in [-0.2, 0) is 6.54 Å². The number of hydrogen-bond acceptors (Lipinski definition) is 0. The predicted molar refractivity (Wildman–Crippen MR) is 50.1 cm³/mol. The highest BCUT2D eigenvalue weighted by Gasteiger charge is 2.27. The Labute approximate surface area is 74.0 Å². The van der Waals surface area contributed by atoms with Crippen LogP contribution in [-0.4, -0.2) is 12.6 Å². The predicted octanol–water partition coefficient (Wildman–Crippen LogP) is 0.864. The first kappa shape index (κ1) is 7.81. The van der Waals surface area contributed by atoms with E-state index in [1.165, 1.54) is 25.1 Å². The molecule has 0 radical (unpaired) electrons. The van der Waals surface area contributed by atoms with Crippen LogP contribution in [0.2, 0.25) is 0 Å². The molecule has 1 heteroatoms. The molecule has 1 aliphatic rings. The van der Waals surface area contributed by atoms with Crippen molar-refractivity contribution in [2.24, 2.45) is 0 Å². The van der Waals surface area contributed by atoms with Gasteiger partial charge in [-0.1, -0.05) is 30.3 Å². The monoisotopic (exact) mass is 162 g/mol. The summed E-state index contributed by atoms with van der Waals surface area (Å²) in [7, 11) is 0. The molecule has 0 amide bonds. The number of hydrogen-bond donors (Lipinski definition) is 1. The second-order valence-corrected chi connectivity index (χ2v) is 3.76. The molecule has 1 nitrogen and oxygen atoms in total. The van der Waals surface area contributed by atoms with Crippen molar-refractivity contribution in [3.63, 3.8) is 0 Å². The lowest BCUT2D eigenvalue weighted by Crippen LogP contribution is -3.20. The van der Waals surface area contributed by atoms with Gasteiger partial charge >= 0.3 is 0 Å². The fraction of sp³-hybridized carbons (Fsp3) is 0.455. The second kappa shape index (κ2) is 3.28. The van der Waals surface area contributed by atoms with E-state index in [0.29, 0.717) is 0 Å². The van der Waals surface area contributed by atoms with Gasteiger partial charge < -0.3 is 4.90 Å². The Morgan fingerprint density at radius 1 is 1.33 bits per heavy atom. The van der Waals surface area contributed by atoms with E-state index < -0.39 is 0 Å². The first-order chi connectivity index (χ1) is 5.86. The molecule has 1 aromatic rings. The zero-order valence-corrected chi connectivity index (χ0v) is 7.59. The van der Waals surface area contributed by atoms with Crippen molar-refractivity contribution in [2.75, 3.05) is 6.54 Å². The summed E-state index contributed by atoms with van der Waals surface area (Å²) in [6.07, 6.45) is 1.40. The van der Waals surface area contributed by atoms with E-state index in [1.807, 2.05) is 0 Å². The van der Waals surface area contributed by atoms with Crippen molar-refractivity contribution in [1.29, 1.82) is 0 Å². The number of rotatable bonds is 2. The molecule has 0 saturated carbocycles. The quantitative estimate of drug-likeness (QED) is 0.658. The van der Waals surface area contributed by atoms with Crippen molar-refractivity contribution in [3.8, 4) is 0 Å². The van der Waals surface area contributed by atoms with Gasteiger partial charge in [-0.25, -0.2) is 0 Å². The van der Waals surface area contributed by atoms with E-state index in [2.05, 4.69) is 37.3 Å². The fourth-order valence-electron chi connectivity index (χ4n) is 1.76. The SMILES string of the molecule is C[C@H]1CC[NH+]1Cc1ccccc1. The fourth-order valence-corrected chi connectivity index (χ4v) is 1.76. The van der Waals surface area contributed by atoms with Crippen molar-refractivity contribution in [2.45, 2.75) is 25.9 Å². The van der Waals surface area contributed by atoms with Crippen molar-refractivity contribution < 1.29 is 4.90 Å². The maximum absolute atomic E-state index is 2.34. The number of nitrogens with one attached hydrogen (secondary N) is 1. The van der Waals surface area contributed by atoms with Crippen molar-refractivity contribution in [3.05, 3.63) is 35.9 Å². The molecule has 2 atom stereocenters. The average Bonchev–Trinajstić information content (AvgIpc) is 2.14. The van der Waals surface area contributed by atoms with Gasteiger partial charge in [0.25, 0.3) is 0 Å². The standard InChI is InChI=1S/C11H15N/c1-10-7-8-12(10)9-11-5-3-2-4-6-11/h2-6,10H,7-9H2,1H3/p+1/t10-/m0/s1. The molecular formula is C11H16N+. The van der Waals surface area contributed by atoms with E-state index >= 15 is 0 Å². The van der Waals surface area contributed by atoms with Gasteiger partial charge in [0.05, 0.1) is 12.6 Å². The normalized spacial score (nSPS) is 28.1. The van der Waals surface area contributed by atoms with Gasteiger partial charge in [0.2, 0.25) is 0 Å². The Morgan fingerprint density at radius 2 is 2.08 bits per heavy atom. The third-order valence-electron chi connectivity index (χ3n) is 2.87. The van der Waals surface area contributed by atoms with E-state index in [1.54, 1.807) is 4.90 Å². The second-order valence-electron chi connectivity index (χ2n) is 3.76. The molecule has 0 aliphatic carbocycles. The zero-order chi connectivity index (χ0) is 8.39. The van der Waals surface area contributed by atoms with Gasteiger partial charge in [0, 0.05) is 12.0 Å². The molecule has 1 saturated heterocycles. The number of benzene rings is 1. The third kappa shape index (κ3) is 1.51. The lowest BCUT2D eigenvalue weighted by Gasteiger charge is -2.34. The molecule has 1 aliphatic heterocycles. The van der Waals surface area contributed by atoms with Crippen LogP contribution >= 0.6 is 0 Å². The summed E-state index contributed by atoms with van der Waals surface area (Å²) in [6.45, 7) is 4.90. The first-order valence-electron chi connectivity index (χ1n) is 4.75. The largest absolute Gasteiger partial charge is 0.329 e. The minimum Gasteiger partial charge on any atom is -0.329 e. The van der Waals surface area contributed by atoms with Crippen molar-refractivity contribution in [1.82, 2.24) is 0 Å². The molecule has 1 aromatic carbocycles.